The number of benzene rings is 2. The second-order valence-corrected chi connectivity index (χ2v) is 9.01. The Hall–Kier alpha value is -2.63. The third kappa shape index (κ3) is 4.83. The molecule has 3 aromatic rings. The van der Waals surface area contributed by atoms with Crippen molar-refractivity contribution < 1.29 is 4.79 Å². The molecule has 1 saturated carbocycles. The van der Waals surface area contributed by atoms with Gasteiger partial charge in [0.1, 0.15) is 0 Å². The number of aromatic nitrogens is 2. The van der Waals surface area contributed by atoms with E-state index in [1.54, 1.807) is 0 Å². The van der Waals surface area contributed by atoms with E-state index >= 15 is 0 Å². The molecule has 2 aromatic carbocycles. The molecule has 2 fully saturated rings. The monoisotopic (exact) mass is 434 g/mol. The SMILES string of the molecule is O=C(Cc1cn(-c2ccccc2)nc1-c1ccc(Cl)cc1)NC1CCN(C2CC2)CC1. The van der Waals surface area contributed by atoms with Gasteiger partial charge in [-0.15, -0.1) is 0 Å². The molecule has 1 aromatic heterocycles. The van der Waals surface area contributed by atoms with Gasteiger partial charge in [0.15, 0.2) is 0 Å². The maximum atomic E-state index is 12.9. The number of hydrogen-bond acceptors (Lipinski definition) is 3. The zero-order valence-electron chi connectivity index (χ0n) is 17.5. The normalized spacial score (nSPS) is 17.6. The van der Waals surface area contributed by atoms with Crippen LogP contribution in [0.25, 0.3) is 16.9 Å². The highest BCUT2D eigenvalue weighted by molar-refractivity contribution is 6.30. The maximum absolute atomic E-state index is 12.9. The zero-order chi connectivity index (χ0) is 21.2. The van der Waals surface area contributed by atoms with Crippen molar-refractivity contribution in [2.45, 2.75) is 44.2 Å². The van der Waals surface area contributed by atoms with Crippen LogP contribution in [-0.2, 0) is 11.2 Å². The van der Waals surface area contributed by atoms with Crippen molar-refractivity contribution in [2.75, 3.05) is 13.1 Å². The van der Waals surface area contributed by atoms with Crippen LogP contribution in [-0.4, -0.2) is 45.8 Å². The molecule has 5 rings (SSSR count). The summed E-state index contributed by atoms with van der Waals surface area (Å²) in [6.07, 6.45) is 7.04. The summed E-state index contributed by atoms with van der Waals surface area (Å²) in [7, 11) is 0. The van der Waals surface area contributed by atoms with Gasteiger partial charge in [0.05, 0.1) is 17.8 Å². The Bertz CT molecular complexity index is 1040. The first-order chi connectivity index (χ1) is 15.2. The standard InChI is InChI=1S/C25H27ClN4O/c26-20-8-6-18(7-9-20)25-19(17-30(28-25)23-4-2-1-3-5-23)16-24(31)27-21-12-14-29(15-13-21)22-10-11-22/h1-9,17,21-22H,10-16H2,(H,27,31). The average Bonchev–Trinajstić information content (AvgIpc) is 3.56. The molecule has 31 heavy (non-hydrogen) atoms. The highest BCUT2D eigenvalue weighted by Crippen LogP contribution is 2.29. The van der Waals surface area contributed by atoms with Crippen molar-refractivity contribution in [3.05, 3.63) is 71.4 Å². The van der Waals surface area contributed by atoms with Crippen LogP contribution in [0.1, 0.15) is 31.2 Å². The summed E-state index contributed by atoms with van der Waals surface area (Å²) in [6.45, 7) is 2.19. The molecule has 6 heteroatoms. The van der Waals surface area contributed by atoms with Gasteiger partial charge in [-0.3, -0.25) is 4.79 Å². The summed E-state index contributed by atoms with van der Waals surface area (Å²) in [6, 6.07) is 18.7. The van der Waals surface area contributed by atoms with Gasteiger partial charge in [0, 0.05) is 47.5 Å². The highest BCUT2D eigenvalue weighted by Gasteiger charge is 2.32. The van der Waals surface area contributed by atoms with Gasteiger partial charge in [0.2, 0.25) is 5.91 Å². The summed E-state index contributed by atoms with van der Waals surface area (Å²) < 4.78 is 1.85. The fraction of sp³-hybridized carbons (Fsp3) is 0.360. The van der Waals surface area contributed by atoms with Crippen molar-refractivity contribution in [2.24, 2.45) is 0 Å². The largest absolute Gasteiger partial charge is 0.353 e. The van der Waals surface area contributed by atoms with Gasteiger partial charge in [-0.05, 0) is 49.9 Å². The maximum Gasteiger partial charge on any atom is 0.224 e. The number of hydrogen-bond donors (Lipinski definition) is 1. The predicted molar refractivity (Wildman–Crippen MR) is 123 cm³/mol. The molecule has 2 heterocycles. The van der Waals surface area contributed by atoms with Gasteiger partial charge in [0.25, 0.3) is 0 Å². The number of carbonyl (C=O) groups is 1. The van der Waals surface area contributed by atoms with Crippen LogP contribution >= 0.6 is 11.6 Å². The Labute approximate surface area is 188 Å². The Morgan fingerprint density at radius 2 is 1.71 bits per heavy atom. The minimum atomic E-state index is 0.0627. The number of para-hydroxylation sites is 1. The van der Waals surface area contributed by atoms with Gasteiger partial charge < -0.3 is 10.2 Å². The topological polar surface area (TPSA) is 50.2 Å². The van der Waals surface area contributed by atoms with E-state index in [9.17, 15) is 4.79 Å². The van der Waals surface area contributed by atoms with E-state index in [0.29, 0.717) is 11.4 Å². The molecule has 0 unspecified atom stereocenters. The van der Waals surface area contributed by atoms with Crippen LogP contribution in [0.15, 0.2) is 60.8 Å². The fourth-order valence-electron chi connectivity index (χ4n) is 4.40. The number of piperidine rings is 1. The van der Waals surface area contributed by atoms with Gasteiger partial charge >= 0.3 is 0 Å². The average molecular weight is 435 g/mol. The first-order valence-corrected chi connectivity index (χ1v) is 11.5. The number of nitrogens with zero attached hydrogens (tertiary/aromatic N) is 3. The van der Waals surface area contributed by atoms with Crippen LogP contribution in [0.3, 0.4) is 0 Å². The molecule has 5 nitrogen and oxygen atoms in total. The summed E-state index contributed by atoms with van der Waals surface area (Å²) in [5.41, 5.74) is 3.66. The lowest BCUT2D eigenvalue weighted by Crippen LogP contribution is -2.45. The van der Waals surface area contributed by atoms with Crippen LogP contribution in [0.2, 0.25) is 5.02 Å². The Balaban J connectivity index is 1.32. The van der Waals surface area contributed by atoms with E-state index in [1.165, 1.54) is 12.8 Å². The third-order valence-electron chi connectivity index (χ3n) is 6.24. The minimum Gasteiger partial charge on any atom is -0.353 e. The molecule has 1 saturated heterocycles. The molecule has 0 radical (unpaired) electrons. The quantitative estimate of drug-likeness (QED) is 0.622. The summed E-state index contributed by atoms with van der Waals surface area (Å²) >= 11 is 6.07. The second-order valence-electron chi connectivity index (χ2n) is 8.58. The number of nitrogens with one attached hydrogen (secondary N) is 1. The van der Waals surface area contributed by atoms with Crippen molar-refractivity contribution >= 4 is 17.5 Å². The minimum absolute atomic E-state index is 0.0627. The van der Waals surface area contributed by atoms with Crippen molar-refractivity contribution in [1.82, 2.24) is 20.0 Å². The van der Waals surface area contributed by atoms with E-state index in [4.69, 9.17) is 16.7 Å². The highest BCUT2D eigenvalue weighted by atomic mass is 35.5. The molecule has 0 spiro atoms. The molecule has 1 aliphatic carbocycles. The lowest BCUT2D eigenvalue weighted by molar-refractivity contribution is -0.121. The molecule has 0 bridgehead atoms. The van der Waals surface area contributed by atoms with Crippen molar-refractivity contribution in [1.29, 1.82) is 0 Å². The van der Waals surface area contributed by atoms with Gasteiger partial charge in [-0.25, -0.2) is 4.68 Å². The Kier molecular flexibility index (Phi) is 5.79. The van der Waals surface area contributed by atoms with E-state index in [0.717, 1.165) is 54.5 Å². The van der Waals surface area contributed by atoms with Crippen molar-refractivity contribution in [3.63, 3.8) is 0 Å². The number of carbonyl (C=O) groups excluding carboxylic acids is 1. The van der Waals surface area contributed by atoms with E-state index in [2.05, 4.69) is 10.2 Å². The van der Waals surface area contributed by atoms with Gasteiger partial charge in [-0.2, -0.15) is 5.10 Å². The Morgan fingerprint density at radius 1 is 1.00 bits per heavy atom. The number of halogens is 1. The molecule has 1 N–H and O–H groups in total. The van der Waals surface area contributed by atoms with E-state index in [-0.39, 0.29) is 11.9 Å². The van der Waals surface area contributed by atoms with Crippen molar-refractivity contribution in [3.8, 4) is 16.9 Å². The lowest BCUT2D eigenvalue weighted by atomic mass is 10.0. The smallest absolute Gasteiger partial charge is 0.224 e. The fourth-order valence-corrected chi connectivity index (χ4v) is 4.53. The first-order valence-electron chi connectivity index (χ1n) is 11.1. The summed E-state index contributed by atoms with van der Waals surface area (Å²) in [4.78, 5) is 15.5. The molecule has 0 atom stereocenters. The summed E-state index contributed by atoms with van der Waals surface area (Å²) in [5, 5.41) is 8.75. The molecule has 1 amide bonds. The molecular weight excluding hydrogens is 408 g/mol. The van der Waals surface area contributed by atoms with Gasteiger partial charge in [-0.1, -0.05) is 41.9 Å². The number of likely N-dealkylation sites (tertiary alicyclic amines) is 1. The summed E-state index contributed by atoms with van der Waals surface area (Å²) in [5.74, 6) is 0.0627. The van der Waals surface area contributed by atoms with Crippen LogP contribution in [0.4, 0.5) is 0 Å². The lowest BCUT2D eigenvalue weighted by Gasteiger charge is -2.32. The molecule has 160 valence electrons. The number of rotatable bonds is 6. The molecular formula is C25H27ClN4O. The zero-order valence-corrected chi connectivity index (χ0v) is 18.3. The second kappa shape index (κ2) is 8.85. The van der Waals surface area contributed by atoms with E-state index < -0.39 is 0 Å². The molecule has 2 aliphatic rings. The van der Waals surface area contributed by atoms with Crippen LogP contribution in [0, 0.1) is 0 Å². The first kappa shape index (κ1) is 20.3. The molecule has 1 aliphatic heterocycles. The van der Waals surface area contributed by atoms with Crippen LogP contribution in [0.5, 0.6) is 0 Å². The number of amides is 1. The van der Waals surface area contributed by atoms with E-state index in [1.807, 2.05) is 65.5 Å². The Morgan fingerprint density at radius 3 is 2.39 bits per heavy atom. The predicted octanol–water partition coefficient (Wildman–Crippen LogP) is 4.48. The third-order valence-corrected chi connectivity index (χ3v) is 6.49. The van der Waals surface area contributed by atoms with Crippen LogP contribution < -0.4 is 5.32 Å².